The molecule has 2 N–H and O–H groups in total. The molecule has 1 fully saturated rings. The highest BCUT2D eigenvalue weighted by atomic mass is 16.4. The van der Waals surface area contributed by atoms with Crippen LogP contribution in [0, 0.1) is 0 Å². The number of aromatic nitrogens is 2. The molecule has 2 amide bonds. The number of nitrogens with zero attached hydrogens (tertiary/aromatic N) is 3. The first-order valence-electron chi connectivity index (χ1n) is 7.23. The van der Waals surface area contributed by atoms with E-state index >= 15 is 0 Å². The Hall–Kier alpha value is -1.96. The summed E-state index contributed by atoms with van der Waals surface area (Å²) < 4.78 is 5.62. The molecule has 2 atom stereocenters. The van der Waals surface area contributed by atoms with Gasteiger partial charge in [0.15, 0.2) is 0 Å². The first-order chi connectivity index (χ1) is 10.1. The maximum Gasteiger partial charge on any atom is 0.319 e. The predicted octanol–water partition coefficient (Wildman–Crippen LogP) is 0.372. The van der Waals surface area contributed by atoms with Crippen molar-refractivity contribution < 1.29 is 14.0 Å². The van der Waals surface area contributed by atoms with Crippen LogP contribution in [0.4, 0.5) is 6.01 Å². The molecule has 0 spiro atoms. The van der Waals surface area contributed by atoms with Crippen molar-refractivity contribution >= 4 is 17.8 Å². The molecule has 1 aromatic heterocycles. The molecule has 116 valence electrons. The molecule has 0 bridgehead atoms. The van der Waals surface area contributed by atoms with E-state index in [1.165, 1.54) is 0 Å². The summed E-state index contributed by atoms with van der Waals surface area (Å²) in [6, 6.07) is -0.319. The summed E-state index contributed by atoms with van der Waals surface area (Å²) in [6.45, 7) is 6.76. The summed E-state index contributed by atoms with van der Waals surface area (Å²) in [4.78, 5) is 24.9. The first-order valence-corrected chi connectivity index (χ1v) is 7.23. The van der Waals surface area contributed by atoms with Gasteiger partial charge in [-0.1, -0.05) is 18.9 Å². The van der Waals surface area contributed by atoms with Gasteiger partial charge in [0.2, 0.25) is 17.7 Å². The second-order valence-electron chi connectivity index (χ2n) is 5.06. The van der Waals surface area contributed by atoms with Crippen LogP contribution in [0.15, 0.2) is 4.42 Å². The molecule has 0 radical (unpaired) electrons. The number of carbonyl (C=O) groups excluding carboxylic acids is 2. The molecule has 2 rings (SSSR count). The Kier molecular flexibility index (Phi) is 4.89. The lowest BCUT2D eigenvalue weighted by Crippen LogP contribution is -2.58. The molecule has 21 heavy (non-hydrogen) atoms. The fourth-order valence-electron chi connectivity index (χ4n) is 2.24. The number of imide groups is 1. The largest absolute Gasteiger partial charge is 0.406 e. The van der Waals surface area contributed by atoms with Crippen molar-refractivity contribution in [1.29, 1.82) is 0 Å². The summed E-state index contributed by atoms with van der Waals surface area (Å²) in [5.74, 6) is -0.237. The van der Waals surface area contributed by atoms with Gasteiger partial charge >= 0.3 is 6.01 Å². The van der Waals surface area contributed by atoms with E-state index in [-0.39, 0.29) is 30.4 Å². The van der Waals surface area contributed by atoms with Crippen molar-refractivity contribution in [3.8, 4) is 0 Å². The van der Waals surface area contributed by atoms with Crippen LogP contribution in [0.25, 0.3) is 0 Å². The summed E-state index contributed by atoms with van der Waals surface area (Å²) >= 11 is 0. The SMILES string of the molecule is CCCNC(C)c1nnc(N2CC(=O)NC(=O)C2CC)o1. The van der Waals surface area contributed by atoms with Crippen LogP contribution >= 0.6 is 0 Å². The van der Waals surface area contributed by atoms with Crippen LogP contribution in [0.1, 0.15) is 45.5 Å². The van der Waals surface area contributed by atoms with E-state index in [9.17, 15) is 9.59 Å². The van der Waals surface area contributed by atoms with Crippen LogP contribution in [-0.4, -0.2) is 41.1 Å². The molecule has 0 saturated carbocycles. The minimum Gasteiger partial charge on any atom is -0.406 e. The lowest BCUT2D eigenvalue weighted by Gasteiger charge is -2.31. The maximum absolute atomic E-state index is 11.8. The summed E-state index contributed by atoms with van der Waals surface area (Å²) in [7, 11) is 0. The van der Waals surface area contributed by atoms with Gasteiger partial charge in [0.1, 0.15) is 12.6 Å². The molecular formula is C13H21N5O3. The van der Waals surface area contributed by atoms with E-state index in [0.717, 1.165) is 13.0 Å². The average molecular weight is 295 g/mol. The van der Waals surface area contributed by atoms with Crippen molar-refractivity contribution in [2.75, 3.05) is 18.0 Å². The Morgan fingerprint density at radius 2 is 2.19 bits per heavy atom. The zero-order chi connectivity index (χ0) is 15.4. The minimum atomic E-state index is -0.463. The molecule has 1 saturated heterocycles. The zero-order valence-electron chi connectivity index (χ0n) is 12.5. The molecular weight excluding hydrogens is 274 g/mol. The van der Waals surface area contributed by atoms with Gasteiger partial charge in [-0.05, 0) is 26.3 Å². The monoisotopic (exact) mass is 295 g/mol. The molecule has 2 heterocycles. The number of amides is 2. The molecule has 1 aliphatic heterocycles. The lowest BCUT2D eigenvalue weighted by atomic mass is 10.1. The smallest absolute Gasteiger partial charge is 0.319 e. The third kappa shape index (κ3) is 3.38. The van der Waals surface area contributed by atoms with Gasteiger partial charge in [-0.15, -0.1) is 5.10 Å². The molecule has 8 nitrogen and oxygen atoms in total. The van der Waals surface area contributed by atoms with Gasteiger partial charge in [0, 0.05) is 0 Å². The van der Waals surface area contributed by atoms with Crippen molar-refractivity contribution in [2.45, 2.75) is 45.7 Å². The Labute approximate surface area is 123 Å². The Bertz CT molecular complexity index is 516. The fraction of sp³-hybridized carbons (Fsp3) is 0.692. The number of hydrogen-bond donors (Lipinski definition) is 2. The normalized spacial score (nSPS) is 20.5. The summed E-state index contributed by atoms with van der Waals surface area (Å²) in [5, 5.41) is 13.5. The zero-order valence-corrected chi connectivity index (χ0v) is 12.5. The number of carbonyl (C=O) groups is 2. The van der Waals surface area contributed by atoms with E-state index in [1.807, 2.05) is 13.8 Å². The van der Waals surface area contributed by atoms with Crippen molar-refractivity contribution in [2.24, 2.45) is 0 Å². The van der Waals surface area contributed by atoms with Crippen LogP contribution in [0.3, 0.4) is 0 Å². The first kappa shape index (κ1) is 15.4. The Morgan fingerprint density at radius 1 is 1.43 bits per heavy atom. The third-order valence-electron chi connectivity index (χ3n) is 3.39. The maximum atomic E-state index is 11.8. The van der Waals surface area contributed by atoms with Crippen LogP contribution in [0.2, 0.25) is 0 Å². The van der Waals surface area contributed by atoms with Crippen molar-refractivity contribution in [3.63, 3.8) is 0 Å². The van der Waals surface area contributed by atoms with Crippen molar-refractivity contribution in [1.82, 2.24) is 20.8 Å². The molecule has 1 aliphatic rings. The lowest BCUT2D eigenvalue weighted by molar-refractivity contribution is -0.133. The van der Waals surface area contributed by atoms with Gasteiger partial charge in [0.05, 0.1) is 6.04 Å². The quantitative estimate of drug-likeness (QED) is 0.731. The number of nitrogens with one attached hydrogen (secondary N) is 2. The highest BCUT2D eigenvalue weighted by molar-refractivity contribution is 6.04. The standard InChI is InChI=1S/C13H21N5O3/c1-4-6-14-8(3)12-16-17-13(21-12)18-7-10(19)15-11(20)9(18)5-2/h8-9,14H,4-7H2,1-3H3,(H,15,19,20). The minimum absolute atomic E-state index is 0.0443. The highest BCUT2D eigenvalue weighted by Gasteiger charge is 2.35. The molecule has 0 aromatic carbocycles. The van der Waals surface area contributed by atoms with Crippen molar-refractivity contribution in [3.05, 3.63) is 5.89 Å². The van der Waals surface area contributed by atoms with Gasteiger partial charge in [-0.25, -0.2) is 0 Å². The van der Waals surface area contributed by atoms with E-state index in [0.29, 0.717) is 12.3 Å². The summed E-state index contributed by atoms with van der Waals surface area (Å²) in [6.07, 6.45) is 1.56. The van der Waals surface area contributed by atoms with Crippen LogP contribution < -0.4 is 15.5 Å². The van der Waals surface area contributed by atoms with E-state index < -0.39 is 6.04 Å². The number of rotatable bonds is 6. The number of anilines is 1. The Morgan fingerprint density at radius 3 is 2.86 bits per heavy atom. The van der Waals surface area contributed by atoms with Gasteiger partial charge in [0.25, 0.3) is 0 Å². The second kappa shape index (κ2) is 6.66. The summed E-state index contributed by atoms with van der Waals surface area (Å²) in [5.41, 5.74) is 0. The number of piperazine rings is 1. The predicted molar refractivity (Wildman–Crippen MR) is 75.6 cm³/mol. The average Bonchev–Trinajstić information content (AvgIpc) is 2.93. The van der Waals surface area contributed by atoms with E-state index in [2.05, 4.69) is 27.8 Å². The van der Waals surface area contributed by atoms with E-state index in [1.54, 1.807) is 4.90 Å². The van der Waals surface area contributed by atoms with Crippen LogP contribution in [-0.2, 0) is 9.59 Å². The third-order valence-corrected chi connectivity index (χ3v) is 3.39. The van der Waals surface area contributed by atoms with Gasteiger partial charge < -0.3 is 14.6 Å². The van der Waals surface area contributed by atoms with Gasteiger partial charge in [-0.2, -0.15) is 0 Å². The molecule has 2 unspecified atom stereocenters. The van der Waals surface area contributed by atoms with E-state index in [4.69, 9.17) is 4.42 Å². The molecule has 1 aromatic rings. The Balaban J connectivity index is 2.15. The fourth-order valence-corrected chi connectivity index (χ4v) is 2.24. The molecule has 0 aliphatic carbocycles. The molecule has 8 heteroatoms. The topological polar surface area (TPSA) is 100 Å². The van der Waals surface area contributed by atoms with Gasteiger partial charge in [-0.3, -0.25) is 14.9 Å². The number of hydrogen-bond acceptors (Lipinski definition) is 7. The van der Waals surface area contributed by atoms with Crippen LogP contribution in [0.5, 0.6) is 0 Å². The second-order valence-corrected chi connectivity index (χ2v) is 5.06. The highest BCUT2D eigenvalue weighted by Crippen LogP contribution is 2.21.